The van der Waals surface area contributed by atoms with E-state index >= 15 is 0 Å². The maximum absolute atomic E-state index is 14.4. The first kappa shape index (κ1) is 34.8. The number of hydrogen-bond acceptors (Lipinski definition) is 5. The number of amides is 1. The van der Waals surface area contributed by atoms with Gasteiger partial charge >= 0.3 is 30.6 Å². The summed E-state index contributed by atoms with van der Waals surface area (Å²) in [6.45, 7) is 5.42. The number of rotatable bonds is 7. The fraction of sp³-hybridized carbons (Fsp3) is 0.517. The Kier molecular flexibility index (Phi) is 10.1. The smallest absolute Gasteiger partial charge is 0.416 e. The fourth-order valence-corrected chi connectivity index (χ4v) is 5.31. The van der Waals surface area contributed by atoms with Gasteiger partial charge < -0.3 is 14.8 Å². The Morgan fingerprint density at radius 1 is 0.886 bits per heavy atom. The van der Waals surface area contributed by atoms with E-state index in [-0.39, 0.29) is 24.1 Å². The molecular formula is C29H31F9N2O4. The molecule has 3 atom stereocenters. The van der Waals surface area contributed by atoms with Gasteiger partial charge in [0.1, 0.15) is 5.92 Å². The van der Waals surface area contributed by atoms with Crippen molar-refractivity contribution in [1.82, 2.24) is 4.90 Å². The van der Waals surface area contributed by atoms with E-state index in [1.165, 1.54) is 19.9 Å². The monoisotopic (exact) mass is 642 g/mol. The number of halogens is 9. The minimum atomic E-state index is -5.23. The lowest BCUT2D eigenvalue weighted by Crippen LogP contribution is -2.51. The van der Waals surface area contributed by atoms with Crippen LogP contribution in [0, 0.1) is 11.8 Å². The number of ether oxygens (including phenoxy) is 2. The third-order valence-corrected chi connectivity index (χ3v) is 6.92. The van der Waals surface area contributed by atoms with Crippen molar-refractivity contribution in [2.45, 2.75) is 77.4 Å². The zero-order valence-corrected chi connectivity index (χ0v) is 24.2. The van der Waals surface area contributed by atoms with Crippen molar-refractivity contribution >= 4 is 17.7 Å². The Morgan fingerprint density at radius 3 is 1.91 bits per heavy atom. The summed E-state index contributed by atoms with van der Waals surface area (Å²) in [7, 11) is 0.841. The van der Waals surface area contributed by atoms with Gasteiger partial charge in [-0.1, -0.05) is 19.9 Å². The molecule has 1 unspecified atom stereocenters. The van der Waals surface area contributed by atoms with Crippen molar-refractivity contribution in [2.75, 3.05) is 12.4 Å². The molecule has 1 aliphatic heterocycles. The first-order valence-corrected chi connectivity index (χ1v) is 13.4. The minimum Gasteiger partial charge on any atom is -0.463 e. The van der Waals surface area contributed by atoms with Gasteiger partial charge in [-0.2, -0.15) is 39.5 Å². The van der Waals surface area contributed by atoms with Crippen molar-refractivity contribution < 1.29 is 58.6 Å². The predicted molar refractivity (Wildman–Crippen MR) is 140 cm³/mol. The number of fused-ring (bicyclic) bond motifs is 1. The van der Waals surface area contributed by atoms with Crippen LogP contribution < -0.4 is 5.32 Å². The predicted octanol–water partition coefficient (Wildman–Crippen LogP) is 8.46. The molecule has 2 aromatic carbocycles. The van der Waals surface area contributed by atoms with Gasteiger partial charge in [-0.25, -0.2) is 4.79 Å². The molecule has 0 spiro atoms. The van der Waals surface area contributed by atoms with Crippen molar-refractivity contribution in [1.29, 1.82) is 0 Å². The number of carbonyl (C=O) groups excluding carboxylic acids is 2. The molecule has 6 nitrogen and oxygen atoms in total. The highest BCUT2D eigenvalue weighted by Crippen LogP contribution is 2.49. The van der Waals surface area contributed by atoms with Crippen LogP contribution in [0.3, 0.4) is 0 Å². The van der Waals surface area contributed by atoms with Crippen LogP contribution in [0.2, 0.25) is 0 Å². The summed E-state index contributed by atoms with van der Waals surface area (Å²) in [5, 5.41) is 2.93. The van der Waals surface area contributed by atoms with Gasteiger partial charge in [0.05, 0.1) is 35.9 Å². The molecule has 1 heterocycles. The molecule has 0 saturated heterocycles. The third-order valence-electron chi connectivity index (χ3n) is 6.92. The number of carbonyl (C=O) groups is 2. The van der Waals surface area contributed by atoms with Crippen molar-refractivity contribution in [2.24, 2.45) is 11.8 Å². The zero-order valence-electron chi connectivity index (χ0n) is 24.2. The molecule has 0 saturated carbocycles. The third kappa shape index (κ3) is 7.89. The molecule has 15 heteroatoms. The molecule has 44 heavy (non-hydrogen) atoms. The van der Waals surface area contributed by atoms with Gasteiger partial charge in [0.15, 0.2) is 0 Å². The van der Waals surface area contributed by atoms with E-state index in [1.54, 1.807) is 13.8 Å². The zero-order chi connectivity index (χ0) is 33.4. The highest BCUT2D eigenvalue weighted by Gasteiger charge is 2.51. The van der Waals surface area contributed by atoms with E-state index in [0.29, 0.717) is 23.1 Å². The highest BCUT2D eigenvalue weighted by molar-refractivity contribution is 5.80. The number of methoxy groups -OCH3 is 1. The van der Waals surface area contributed by atoms with E-state index in [1.807, 2.05) is 0 Å². The Labute approximate surface area is 247 Å². The van der Waals surface area contributed by atoms with Gasteiger partial charge in [-0.05, 0) is 62.1 Å². The van der Waals surface area contributed by atoms with Gasteiger partial charge in [0, 0.05) is 23.8 Å². The first-order valence-electron chi connectivity index (χ1n) is 13.4. The van der Waals surface area contributed by atoms with Crippen LogP contribution in [0.1, 0.15) is 68.0 Å². The topological polar surface area (TPSA) is 67.9 Å². The molecule has 0 bridgehead atoms. The van der Waals surface area contributed by atoms with E-state index in [2.05, 4.69) is 5.32 Å². The van der Waals surface area contributed by atoms with E-state index < -0.39 is 89.1 Å². The van der Waals surface area contributed by atoms with Crippen LogP contribution in [-0.2, 0) is 39.3 Å². The molecule has 244 valence electrons. The van der Waals surface area contributed by atoms with Crippen LogP contribution in [0.4, 0.5) is 50.0 Å². The Bertz CT molecular complexity index is 1320. The minimum absolute atomic E-state index is 0.116. The van der Waals surface area contributed by atoms with Crippen molar-refractivity contribution in [3.63, 3.8) is 0 Å². The van der Waals surface area contributed by atoms with Gasteiger partial charge in [-0.15, -0.1) is 0 Å². The second-order valence-corrected chi connectivity index (χ2v) is 11.1. The SMILES string of the molecule is COC(=O)N(Cc1cc(C(F)(F)F)cc(C(F)(F)F)c1)C1c2c(cccc2C(F)(F)F)N[C@H](CC(C)C)[C@@H]1C(=O)OC(C)C. The average molecular weight is 643 g/mol. The van der Waals surface area contributed by atoms with E-state index in [9.17, 15) is 49.1 Å². The summed E-state index contributed by atoms with van der Waals surface area (Å²) >= 11 is 0. The number of hydrogen-bond donors (Lipinski definition) is 1. The summed E-state index contributed by atoms with van der Waals surface area (Å²) in [6.07, 6.45) is -17.5. The lowest BCUT2D eigenvalue weighted by atomic mass is 9.76. The van der Waals surface area contributed by atoms with Gasteiger partial charge in [0.25, 0.3) is 0 Å². The molecule has 0 aliphatic carbocycles. The average Bonchev–Trinajstić information content (AvgIpc) is 2.87. The summed E-state index contributed by atoms with van der Waals surface area (Å²) in [5.74, 6) is -2.76. The second-order valence-electron chi connectivity index (χ2n) is 11.1. The van der Waals surface area contributed by atoms with E-state index in [0.717, 1.165) is 13.2 Å². The summed E-state index contributed by atoms with van der Waals surface area (Å²) in [6, 6.07) is 0.826. The van der Waals surface area contributed by atoms with Crippen molar-refractivity contribution in [3.05, 3.63) is 64.2 Å². The maximum atomic E-state index is 14.4. The van der Waals surface area contributed by atoms with Crippen molar-refractivity contribution in [3.8, 4) is 0 Å². The van der Waals surface area contributed by atoms with Crippen LogP contribution in [-0.4, -0.2) is 36.2 Å². The number of alkyl halides is 9. The molecule has 1 aliphatic rings. The Morgan fingerprint density at radius 2 is 1.45 bits per heavy atom. The quantitative estimate of drug-likeness (QED) is 0.243. The van der Waals surface area contributed by atoms with Crippen LogP contribution in [0.15, 0.2) is 36.4 Å². The van der Waals surface area contributed by atoms with Crippen LogP contribution in [0.25, 0.3) is 0 Å². The summed E-state index contributed by atoms with van der Waals surface area (Å²) in [4.78, 5) is 27.4. The number of nitrogens with one attached hydrogen (secondary N) is 1. The Hall–Kier alpha value is -3.65. The number of nitrogens with zero attached hydrogens (tertiary/aromatic N) is 1. The number of benzene rings is 2. The highest BCUT2D eigenvalue weighted by atomic mass is 19.4. The molecule has 0 fully saturated rings. The fourth-order valence-electron chi connectivity index (χ4n) is 5.31. The largest absolute Gasteiger partial charge is 0.463 e. The van der Waals surface area contributed by atoms with Crippen LogP contribution in [0.5, 0.6) is 0 Å². The molecule has 3 rings (SSSR count). The van der Waals surface area contributed by atoms with Crippen LogP contribution >= 0.6 is 0 Å². The summed E-state index contributed by atoms with van der Waals surface area (Å²) < 4.78 is 135. The second kappa shape index (κ2) is 12.8. The standard InChI is InChI=1S/C29H31F9N2O4/c1-14(2)9-21-23(25(41)44-15(3)4)24(22-19(29(36,37)38)7-6-8-20(22)39-21)40(26(42)43-5)13-16-10-17(27(30,31)32)12-18(11-16)28(33,34)35/h6-8,10-12,14-15,21,23-24,39H,9,13H2,1-5H3/t21-,23+,24?/m1/s1. The van der Waals surface area contributed by atoms with Gasteiger partial charge in [0.2, 0.25) is 0 Å². The Balaban J connectivity index is 2.37. The molecule has 2 aromatic rings. The molecule has 1 N–H and O–H groups in total. The maximum Gasteiger partial charge on any atom is 0.416 e. The molecule has 0 radical (unpaired) electrons. The normalized spacial score (nSPS) is 19.0. The first-order chi connectivity index (χ1) is 20.1. The lowest BCUT2D eigenvalue weighted by molar-refractivity contribution is -0.157. The van der Waals surface area contributed by atoms with E-state index in [4.69, 9.17) is 9.47 Å². The molecule has 0 aromatic heterocycles. The lowest BCUT2D eigenvalue weighted by Gasteiger charge is -2.45. The molecular weight excluding hydrogens is 611 g/mol. The number of esters is 1. The van der Waals surface area contributed by atoms with Gasteiger partial charge in [-0.3, -0.25) is 9.69 Å². The summed E-state index contributed by atoms with van der Waals surface area (Å²) in [5.41, 5.74) is -6.10. The molecule has 1 amide bonds. The number of anilines is 1.